The number of nitrogens with one attached hydrogen (secondary N) is 3. The van der Waals surface area contributed by atoms with Crippen molar-refractivity contribution in [1.82, 2.24) is 5.32 Å². The molecule has 3 N–H and O–H groups in total. The fourth-order valence-electron chi connectivity index (χ4n) is 4.05. The average Bonchev–Trinajstić information content (AvgIpc) is 2.83. The van der Waals surface area contributed by atoms with E-state index in [1.807, 2.05) is 61.5 Å². The first-order valence-corrected chi connectivity index (χ1v) is 11.1. The Morgan fingerprint density at radius 2 is 1.67 bits per heavy atom. The van der Waals surface area contributed by atoms with Crippen LogP contribution in [0.5, 0.6) is 0 Å². The first-order chi connectivity index (χ1) is 16.0. The minimum atomic E-state index is -0.259. The first-order valence-electron chi connectivity index (χ1n) is 11.1. The normalized spacial score (nSPS) is 15.7. The Bertz CT molecular complexity index is 1160. The van der Waals surface area contributed by atoms with Gasteiger partial charge in [-0.1, -0.05) is 60.7 Å². The van der Waals surface area contributed by atoms with Gasteiger partial charge < -0.3 is 16.0 Å². The van der Waals surface area contributed by atoms with Crippen molar-refractivity contribution in [2.75, 3.05) is 10.6 Å². The molecular weight excluding hydrogens is 414 g/mol. The maximum Gasteiger partial charge on any atom is 0.253 e. The predicted octanol–water partition coefficient (Wildman–Crippen LogP) is 4.71. The maximum atomic E-state index is 12.9. The van der Waals surface area contributed by atoms with Crippen LogP contribution in [0.4, 0.5) is 11.4 Å². The number of hydrogen-bond acceptors (Lipinski definition) is 3. The SMILES string of the molecule is C[C@@H](NC(=O)c1ccccc1NC(=O)CC[C@@H]1Cc2ccccc2NC1=O)c1ccccc1. The topological polar surface area (TPSA) is 87.3 Å². The summed E-state index contributed by atoms with van der Waals surface area (Å²) in [7, 11) is 0. The summed E-state index contributed by atoms with van der Waals surface area (Å²) in [5.41, 5.74) is 3.78. The molecule has 33 heavy (non-hydrogen) atoms. The molecule has 6 heteroatoms. The van der Waals surface area contributed by atoms with E-state index >= 15 is 0 Å². The van der Waals surface area contributed by atoms with Gasteiger partial charge in [0, 0.05) is 18.0 Å². The molecule has 168 valence electrons. The molecule has 0 aromatic heterocycles. The molecule has 2 atom stereocenters. The van der Waals surface area contributed by atoms with Crippen molar-refractivity contribution in [2.24, 2.45) is 5.92 Å². The number of amides is 3. The van der Waals surface area contributed by atoms with Gasteiger partial charge in [0.2, 0.25) is 11.8 Å². The van der Waals surface area contributed by atoms with Gasteiger partial charge in [0.1, 0.15) is 0 Å². The maximum absolute atomic E-state index is 12.9. The number of carbonyl (C=O) groups is 3. The molecule has 6 nitrogen and oxygen atoms in total. The number of hydrogen-bond donors (Lipinski definition) is 3. The Kier molecular flexibility index (Phi) is 6.83. The minimum absolute atomic E-state index is 0.0591. The predicted molar refractivity (Wildman–Crippen MR) is 129 cm³/mol. The summed E-state index contributed by atoms with van der Waals surface area (Å²) in [5.74, 6) is -0.796. The van der Waals surface area contributed by atoms with Gasteiger partial charge in [-0.2, -0.15) is 0 Å². The molecule has 0 saturated heterocycles. The Balaban J connectivity index is 1.36. The van der Waals surface area contributed by atoms with E-state index in [0.29, 0.717) is 24.1 Å². The lowest BCUT2D eigenvalue weighted by molar-refractivity contribution is -0.121. The summed E-state index contributed by atoms with van der Waals surface area (Å²) in [4.78, 5) is 37.9. The van der Waals surface area contributed by atoms with Crippen LogP contribution in [-0.4, -0.2) is 17.7 Å². The lowest BCUT2D eigenvalue weighted by atomic mass is 9.89. The van der Waals surface area contributed by atoms with Crippen LogP contribution in [0.15, 0.2) is 78.9 Å². The number of para-hydroxylation sites is 2. The second-order valence-corrected chi connectivity index (χ2v) is 8.29. The Morgan fingerprint density at radius 3 is 2.48 bits per heavy atom. The molecule has 3 aromatic rings. The first kappa shape index (κ1) is 22.3. The van der Waals surface area contributed by atoms with Gasteiger partial charge in [0.05, 0.1) is 17.3 Å². The van der Waals surface area contributed by atoms with Gasteiger partial charge in [-0.25, -0.2) is 0 Å². The van der Waals surface area contributed by atoms with Gasteiger partial charge in [0.15, 0.2) is 0 Å². The lowest BCUT2D eigenvalue weighted by Crippen LogP contribution is -2.31. The molecule has 1 aliphatic rings. The van der Waals surface area contributed by atoms with Crippen LogP contribution in [0.25, 0.3) is 0 Å². The van der Waals surface area contributed by atoms with Crippen LogP contribution in [0, 0.1) is 5.92 Å². The van der Waals surface area contributed by atoms with Crippen molar-refractivity contribution in [1.29, 1.82) is 0 Å². The highest BCUT2D eigenvalue weighted by molar-refractivity contribution is 6.04. The monoisotopic (exact) mass is 441 g/mol. The quantitative estimate of drug-likeness (QED) is 0.496. The van der Waals surface area contributed by atoms with Crippen molar-refractivity contribution in [3.63, 3.8) is 0 Å². The van der Waals surface area contributed by atoms with Crippen LogP contribution >= 0.6 is 0 Å². The van der Waals surface area contributed by atoms with Crippen molar-refractivity contribution < 1.29 is 14.4 Å². The van der Waals surface area contributed by atoms with Crippen LogP contribution in [0.1, 0.15) is 47.3 Å². The minimum Gasteiger partial charge on any atom is -0.345 e. The van der Waals surface area contributed by atoms with Gasteiger partial charge in [-0.3, -0.25) is 14.4 Å². The van der Waals surface area contributed by atoms with Crippen LogP contribution in [-0.2, 0) is 16.0 Å². The molecule has 0 fully saturated rings. The molecule has 0 aliphatic carbocycles. The Morgan fingerprint density at radius 1 is 0.970 bits per heavy atom. The van der Waals surface area contributed by atoms with E-state index in [4.69, 9.17) is 0 Å². The number of anilines is 2. The van der Waals surface area contributed by atoms with Crippen molar-refractivity contribution in [2.45, 2.75) is 32.2 Å². The van der Waals surface area contributed by atoms with Crippen LogP contribution < -0.4 is 16.0 Å². The zero-order valence-electron chi connectivity index (χ0n) is 18.5. The summed E-state index contributed by atoms with van der Waals surface area (Å²) in [6.45, 7) is 1.92. The van der Waals surface area contributed by atoms with E-state index in [9.17, 15) is 14.4 Å². The van der Waals surface area contributed by atoms with Crippen LogP contribution in [0.2, 0.25) is 0 Å². The molecule has 0 radical (unpaired) electrons. The van der Waals surface area contributed by atoms with Gasteiger partial charge in [-0.05, 0) is 49.1 Å². The number of benzene rings is 3. The zero-order valence-corrected chi connectivity index (χ0v) is 18.5. The summed E-state index contributed by atoms with van der Waals surface area (Å²) in [5, 5.41) is 8.74. The smallest absolute Gasteiger partial charge is 0.253 e. The average molecular weight is 442 g/mol. The highest BCUT2D eigenvalue weighted by Crippen LogP contribution is 2.28. The molecule has 1 heterocycles. The highest BCUT2D eigenvalue weighted by Gasteiger charge is 2.26. The fourth-order valence-corrected chi connectivity index (χ4v) is 4.05. The van der Waals surface area contributed by atoms with E-state index in [1.54, 1.807) is 24.3 Å². The van der Waals surface area contributed by atoms with E-state index in [0.717, 1.165) is 16.8 Å². The van der Waals surface area contributed by atoms with E-state index < -0.39 is 0 Å². The second kappa shape index (κ2) is 10.1. The second-order valence-electron chi connectivity index (χ2n) is 8.29. The van der Waals surface area contributed by atoms with E-state index in [1.165, 1.54) is 0 Å². The Hall–Kier alpha value is -3.93. The molecular formula is C27H27N3O3. The molecule has 4 rings (SSSR count). The molecule has 0 saturated carbocycles. The molecule has 1 aliphatic heterocycles. The standard InChI is InChI=1S/C27H27N3O3/c1-18(19-9-3-2-4-10-19)28-27(33)22-12-6-8-14-24(22)29-25(31)16-15-21-17-20-11-5-7-13-23(20)30-26(21)32/h2-14,18,21H,15-17H2,1H3,(H,28,33)(H,29,31)(H,30,32)/t18-,21-/m1/s1. The summed E-state index contributed by atoms with van der Waals surface area (Å²) >= 11 is 0. The third kappa shape index (κ3) is 5.47. The van der Waals surface area contributed by atoms with Gasteiger partial charge >= 0.3 is 0 Å². The highest BCUT2D eigenvalue weighted by atomic mass is 16.2. The van der Waals surface area contributed by atoms with Gasteiger partial charge in [0.25, 0.3) is 5.91 Å². The summed E-state index contributed by atoms with van der Waals surface area (Å²) < 4.78 is 0. The summed E-state index contributed by atoms with van der Waals surface area (Å²) in [6.07, 6.45) is 1.24. The molecule has 0 unspecified atom stereocenters. The number of rotatable bonds is 7. The molecule has 3 amide bonds. The molecule has 0 spiro atoms. The summed E-state index contributed by atoms with van der Waals surface area (Å²) in [6, 6.07) is 24.2. The number of carbonyl (C=O) groups excluding carboxylic acids is 3. The van der Waals surface area contributed by atoms with Crippen molar-refractivity contribution in [3.05, 3.63) is 95.6 Å². The third-order valence-corrected chi connectivity index (χ3v) is 5.93. The largest absolute Gasteiger partial charge is 0.345 e. The zero-order chi connectivity index (χ0) is 23.2. The van der Waals surface area contributed by atoms with E-state index in [-0.39, 0.29) is 36.1 Å². The van der Waals surface area contributed by atoms with Gasteiger partial charge in [-0.15, -0.1) is 0 Å². The van der Waals surface area contributed by atoms with Crippen molar-refractivity contribution >= 4 is 29.1 Å². The van der Waals surface area contributed by atoms with Crippen molar-refractivity contribution in [3.8, 4) is 0 Å². The van der Waals surface area contributed by atoms with Crippen LogP contribution in [0.3, 0.4) is 0 Å². The molecule has 3 aromatic carbocycles. The van der Waals surface area contributed by atoms with E-state index in [2.05, 4.69) is 16.0 Å². The lowest BCUT2D eigenvalue weighted by Gasteiger charge is -2.24. The Labute approximate surface area is 193 Å². The fraction of sp³-hybridized carbons (Fsp3) is 0.222. The number of fused-ring (bicyclic) bond motifs is 1. The third-order valence-electron chi connectivity index (χ3n) is 5.93. The molecule has 0 bridgehead atoms.